The molecule has 0 aliphatic heterocycles. The minimum absolute atomic E-state index is 0.00833. The Morgan fingerprint density at radius 1 is 1.17 bits per heavy atom. The standard InChI is InChI=1S/C11H5F3O4/c12-10(13)11(14)17-7-3-2-6(15)9-5(7)1-4-8(16)18-9/h1-4,15H. The molecule has 1 N–H and O–H groups in total. The number of benzene rings is 1. The summed E-state index contributed by atoms with van der Waals surface area (Å²) in [5.41, 5.74) is -1.02. The van der Waals surface area contributed by atoms with Crippen LogP contribution in [0.25, 0.3) is 11.0 Å². The molecule has 1 heterocycles. The van der Waals surface area contributed by atoms with E-state index in [1.807, 2.05) is 0 Å². The van der Waals surface area contributed by atoms with E-state index in [0.29, 0.717) is 0 Å². The molecule has 18 heavy (non-hydrogen) atoms. The maximum Gasteiger partial charge on any atom is 0.344 e. The molecule has 0 spiro atoms. The normalized spacial score (nSPS) is 10.4. The van der Waals surface area contributed by atoms with Gasteiger partial charge >= 0.3 is 17.7 Å². The number of rotatable bonds is 2. The van der Waals surface area contributed by atoms with Crippen molar-refractivity contribution >= 4 is 11.0 Å². The molecule has 0 aliphatic rings. The van der Waals surface area contributed by atoms with Crippen molar-refractivity contribution in [3.63, 3.8) is 0 Å². The molecule has 0 aliphatic carbocycles. The molecule has 0 radical (unpaired) electrons. The van der Waals surface area contributed by atoms with Crippen molar-refractivity contribution < 1.29 is 27.4 Å². The van der Waals surface area contributed by atoms with Crippen LogP contribution >= 0.6 is 0 Å². The molecule has 1 aromatic heterocycles. The van der Waals surface area contributed by atoms with E-state index in [4.69, 9.17) is 0 Å². The molecule has 1 aromatic carbocycles. The van der Waals surface area contributed by atoms with E-state index in [0.717, 1.165) is 18.2 Å². The monoisotopic (exact) mass is 258 g/mol. The summed E-state index contributed by atoms with van der Waals surface area (Å²) in [6.07, 6.45) is -2.62. The lowest BCUT2D eigenvalue weighted by atomic mass is 10.2. The Morgan fingerprint density at radius 2 is 1.89 bits per heavy atom. The lowest BCUT2D eigenvalue weighted by Crippen LogP contribution is -1.97. The highest BCUT2D eigenvalue weighted by Crippen LogP contribution is 2.32. The average molecular weight is 258 g/mol. The third-order valence-corrected chi connectivity index (χ3v) is 2.07. The third kappa shape index (κ3) is 2.15. The summed E-state index contributed by atoms with van der Waals surface area (Å²) in [4.78, 5) is 11.0. The van der Waals surface area contributed by atoms with Crippen LogP contribution in [-0.2, 0) is 0 Å². The second-order valence-electron chi connectivity index (χ2n) is 3.22. The molecule has 2 aromatic rings. The lowest BCUT2D eigenvalue weighted by Gasteiger charge is -2.06. The number of hydrogen-bond donors (Lipinski definition) is 1. The van der Waals surface area contributed by atoms with Gasteiger partial charge in [0.05, 0.1) is 5.39 Å². The maximum atomic E-state index is 12.7. The van der Waals surface area contributed by atoms with Crippen molar-refractivity contribution in [2.45, 2.75) is 0 Å². The Kier molecular flexibility index (Phi) is 2.97. The number of halogens is 3. The van der Waals surface area contributed by atoms with E-state index in [2.05, 4.69) is 9.15 Å². The first-order valence-corrected chi connectivity index (χ1v) is 4.63. The number of hydrogen-bond acceptors (Lipinski definition) is 4. The van der Waals surface area contributed by atoms with Crippen LogP contribution in [0.3, 0.4) is 0 Å². The first-order chi connectivity index (χ1) is 8.49. The van der Waals surface area contributed by atoms with Crippen molar-refractivity contribution in [1.29, 1.82) is 0 Å². The minimum Gasteiger partial charge on any atom is -0.504 e. The highest BCUT2D eigenvalue weighted by molar-refractivity contribution is 5.88. The molecule has 7 heteroatoms. The van der Waals surface area contributed by atoms with Gasteiger partial charge in [-0.05, 0) is 18.2 Å². The average Bonchev–Trinajstić information content (AvgIpc) is 2.32. The molecule has 0 bridgehead atoms. The van der Waals surface area contributed by atoms with Crippen LogP contribution in [0.2, 0.25) is 0 Å². The second kappa shape index (κ2) is 4.44. The number of fused-ring (bicyclic) bond motifs is 1. The summed E-state index contributed by atoms with van der Waals surface area (Å²) in [6, 6.07) is 2.19. The Hall–Kier alpha value is -2.44. The predicted molar refractivity (Wildman–Crippen MR) is 55.1 cm³/mol. The van der Waals surface area contributed by atoms with E-state index in [-0.39, 0.29) is 22.5 Å². The summed E-state index contributed by atoms with van der Waals surface area (Å²) in [5.74, 6) is -0.697. The highest BCUT2D eigenvalue weighted by atomic mass is 19.3. The Morgan fingerprint density at radius 3 is 2.56 bits per heavy atom. The van der Waals surface area contributed by atoms with Crippen molar-refractivity contribution in [1.82, 2.24) is 0 Å². The van der Waals surface area contributed by atoms with Crippen molar-refractivity contribution in [3.8, 4) is 11.5 Å². The fourth-order valence-electron chi connectivity index (χ4n) is 1.35. The number of aromatic hydroxyl groups is 1. The van der Waals surface area contributed by atoms with E-state index < -0.39 is 17.7 Å². The van der Waals surface area contributed by atoms with Gasteiger partial charge < -0.3 is 14.3 Å². The fourth-order valence-corrected chi connectivity index (χ4v) is 1.35. The molecule has 4 nitrogen and oxygen atoms in total. The quantitative estimate of drug-likeness (QED) is 0.664. The van der Waals surface area contributed by atoms with E-state index in [1.165, 1.54) is 6.07 Å². The highest BCUT2D eigenvalue weighted by Gasteiger charge is 2.13. The largest absolute Gasteiger partial charge is 0.504 e. The van der Waals surface area contributed by atoms with Gasteiger partial charge in [-0.3, -0.25) is 0 Å². The van der Waals surface area contributed by atoms with E-state index in [9.17, 15) is 23.1 Å². The number of phenols is 1. The Balaban J connectivity index is 2.63. The first-order valence-electron chi connectivity index (χ1n) is 4.63. The zero-order valence-corrected chi connectivity index (χ0v) is 8.62. The molecule has 0 atom stereocenters. The molecular weight excluding hydrogens is 253 g/mol. The van der Waals surface area contributed by atoms with Crippen molar-refractivity contribution in [2.24, 2.45) is 0 Å². The van der Waals surface area contributed by atoms with Gasteiger partial charge in [-0.25, -0.2) is 4.79 Å². The van der Waals surface area contributed by atoms with Gasteiger partial charge in [-0.2, -0.15) is 13.2 Å². The molecule has 0 fully saturated rings. The summed E-state index contributed by atoms with van der Waals surface area (Å²) in [5, 5.41) is 9.41. The molecule has 2 rings (SSSR count). The minimum atomic E-state index is -2.62. The van der Waals surface area contributed by atoms with E-state index >= 15 is 0 Å². The molecular formula is C11H5F3O4. The van der Waals surface area contributed by atoms with Crippen LogP contribution in [0, 0.1) is 0 Å². The van der Waals surface area contributed by atoms with Crippen molar-refractivity contribution in [2.75, 3.05) is 0 Å². The summed E-state index contributed by atoms with van der Waals surface area (Å²) in [7, 11) is 0. The fraction of sp³-hybridized carbons (Fsp3) is 0. The zero-order valence-electron chi connectivity index (χ0n) is 8.62. The van der Waals surface area contributed by atoms with Gasteiger partial charge in [0.1, 0.15) is 5.75 Å². The molecule has 94 valence electrons. The Labute approximate surface area is 97.5 Å². The molecule has 0 unspecified atom stereocenters. The molecule has 0 saturated carbocycles. The first kappa shape index (κ1) is 12.0. The van der Waals surface area contributed by atoms with Gasteiger partial charge in [0.25, 0.3) is 0 Å². The van der Waals surface area contributed by atoms with E-state index in [1.54, 1.807) is 0 Å². The zero-order chi connectivity index (χ0) is 13.3. The van der Waals surface area contributed by atoms with Crippen LogP contribution in [0.5, 0.6) is 11.5 Å². The van der Waals surface area contributed by atoms with Crippen LogP contribution < -0.4 is 10.4 Å². The van der Waals surface area contributed by atoms with Gasteiger partial charge in [0, 0.05) is 6.07 Å². The Bertz CT molecular complexity index is 686. The molecule has 0 saturated heterocycles. The summed E-state index contributed by atoms with van der Waals surface area (Å²) < 4.78 is 45.4. The summed E-state index contributed by atoms with van der Waals surface area (Å²) >= 11 is 0. The number of ether oxygens (including phenoxy) is 1. The third-order valence-electron chi connectivity index (χ3n) is 2.07. The van der Waals surface area contributed by atoms with Crippen molar-refractivity contribution in [3.05, 3.63) is 46.8 Å². The maximum absolute atomic E-state index is 12.7. The van der Waals surface area contributed by atoms with Gasteiger partial charge in [0.15, 0.2) is 11.3 Å². The van der Waals surface area contributed by atoms with Crippen LogP contribution in [0.4, 0.5) is 13.2 Å². The van der Waals surface area contributed by atoms with Crippen LogP contribution in [-0.4, -0.2) is 5.11 Å². The van der Waals surface area contributed by atoms with Gasteiger partial charge in [-0.15, -0.1) is 0 Å². The van der Waals surface area contributed by atoms with Gasteiger partial charge in [-0.1, -0.05) is 0 Å². The smallest absolute Gasteiger partial charge is 0.344 e. The van der Waals surface area contributed by atoms with Gasteiger partial charge in [0.2, 0.25) is 0 Å². The SMILES string of the molecule is O=c1ccc2c(OC(F)=C(F)F)ccc(O)c2o1. The van der Waals surface area contributed by atoms with Crippen LogP contribution in [0.15, 0.2) is 45.6 Å². The second-order valence-corrected chi connectivity index (χ2v) is 3.22. The predicted octanol–water partition coefficient (Wildman–Crippen LogP) is 2.91. The molecule has 0 amide bonds. The van der Waals surface area contributed by atoms with Crippen LogP contribution in [0.1, 0.15) is 0 Å². The number of phenolic OH excluding ortho intramolecular Hbond substituents is 1. The lowest BCUT2D eigenvalue weighted by molar-refractivity contribution is 0.243. The summed E-state index contributed by atoms with van der Waals surface area (Å²) in [6.45, 7) is 0. The topological polar surface area (TPSA) is 59.7 Å².